The van der Waals surface area contributed by atoms with Gasteiger partial charge < -0.3 is 10.4 Å². The van der Waals surface area contributed by atoms with Crippen LogP contribution in [0.5, 0.6) is 0 Å². The predicted molar refractivity (Wildman–Crippen MR) is 99.4 cm³/mol. The Morgan fingerprint density at radius 2 is 1.73 bits per heavy atom. The Morgan fingerprint density at radius 3 is 2.23 bits per heavy atom. The van der Waals surface area contributed by atoms with Crippen molar-refractivity contribution in [3.05, 3.63) is 52.5 Å². The van der Waals surface area contributed by atoms with Crippen LogP contribution in [-0.2, 0) is 19.6 Å². The van der Waals surface area contributed by atoms with E-state index >= 15 is 0 Å². The first kappa shape index (κ1) is 20.0. The molecule has 0 aliphatic carbocycles. The van der Waals surface area contributed by atoms with Crippen molar-refractivity contribution in [2.75, 3.05) is 16.2 Å². The summed E-state index contributed by atoms with van der Waals surface area (Å²) in [7, 11) is -4.22. The molecule has 0 radical (unpaired) electrons. The lowest BCUT2D eigenvalue weighted by Gasteiger charge is -2.24. The van der Waals surface area contributed by atoms with Crippen molar-refractivity contribution < 1.29 is 23.1 Å². The maximum absolute atomic E-state index is 12.9. The number of carboxylic acid groups (broad SMARTS) is 1. The van der Waals surface area contributed by atoms with E-state index in [0.717, 1.165) is 0 Å². The van der Waals surface area contributed by atoms with E-state index < -0.39 is 22.5 Å². The molecule has 0 bridgehead atoms. The number of hydrogen-bond donors (Lipinski definition) is 2. The van der Waals surface area contributed by atoms with Gasteiger partial charge in [-0.25, -0.2) is 8.42 Å². The summed E-state index contributed by atoms with van der Waals surface area (Å²) < 4.78 is 26.5. The third-order valence-corrected chi connectivity index (χ3v) is 5.53. The van der Waals surface area contributed by atoms with E-state index in [1.807, 2.05) is 0 Å². The predicted octanol–water partition coefficient (Wildman–Crippen LogP) is 3.23. The molecule has 2 N–H and O–H groups in total. The van der Waals surface area contributed by atoms with Gasteiger partial charge in [0.25, 0.3) is 10.0 Å². The molecular weight excluding hydrogens is 403 g/mol. The lowest BCUT2D eigenvalue weighted by atomic mass is 10.3. The molecule has 0 aromatic heterocycles. The molecule has 2 aromatic carbocycles. The van der Waals surface area contributed by atoms with Gasteiger partial charge in [-0.1, -0.05) is 23.2 Å². The van der Waals surface area contributed by atoms with E-state index in [2.05, 4.69) is 5.32 Å². The molecule has 26 heavy (non-hydrogen) atoms. The average molecular weight is 417 g/mol. The van der Waals surface area contributed by atoms with Crippen LogP contribution in [0, 0.1) is 0 Å². The fraction of sp³-hybridized carbons (Fsp3) is 0.125. The van der Waals surface area contributed by atoms with Crippen molar-refractivity contribution in [3.8, 4) is 0 Å². The van der Waals surface area contributed by atoms with Gasteiger partial charge in [0.1, 0.15) is 6.54 Å². The molecule has 2 aromatic rings. The van der Waals surface area contributed by atoms with Crippen LogP contribution in [0.25, 0.3) is 0 Å². The summed E-state index contributed by atoms with van der Waals surface area (Å²) in [6.45, 7) is 0.499. The van der Waals surface area contributed by atoms with Crippen molar-refractivity contribution in [2.24, 2.45) is 0 Å². The number of amides is 1. The Hall–Kier alpha value is -2.29. The second kappa shape index (κ2) is 7.94. The fourth-order valence-corrected chi connectivity index (χ4v) is 4.14. The maximum Gasteiger partial charge on any atom is 0.324 e. The number of nitrogens with zero attached hydrogens (tertiary/aromatic N) is 1. The number of carbonyl (C=O) groups excluding carboxylic acids is 1. The van der Waals surface area contributed by atoms with E-state index in [0.29, 0.717) is 9.99 Å². The zero-order valence-electron chi connectivity index (χ0n) is 13.4. The van der Waals surface area contributed by atoms with E-state index in [1.165, 1.54) is 49.4 Å². The third kappa shape index (κ3) is 4.66. The van der Waals surface area contributed by atoms with Crippen LogP contribution in [0.2, 0.25) is 10.0 Å². The first-order valence-corrected chi connectivity index (χ1v) is 9.38. The smallest absolute Gasteiger partial charge is 0.324 e. The van der Waals surface area contributed by atoms with Gasteiger partial charge in [0.15, 0.2) is 0 Å². The zero-order valence-corrected chi connectivity index (χ0v) is 15.8. The molecule has 1 amide bonds. The topological polar surface area (TPSA) is 104 Å². The van der Waals surface area contributed by atoms with Crippen LogP contribution in [0.15, 0.2) is 47.4 Å². The molecule has 0 aliphatic heterocycles. The molecule has 0 aliphatic rings. The minimum atomic E-state index is -4.22. The summed E-state index contributed by atoms with van der Waals surface area (Å²) in [4.78, 5) is 22.1. The first-order chi connectivity index (χ1) is 12.1. The number of anilines is 2. The quantitative estimate of drug-likeness (QED) is 0.751. The SMILES string of the molecule is CC(=O)Nc1ccc(S(=O)(=O)N(CC(=O)O)c2ccc(Cl)cc2Cl)cc1. The molecule has 0 saturated heterocycles. The monoisotopic (exact) mass is 416 g/mol. The van der Waals surface area contributed by atoms with E-state index in [-0.39, 0.29) is 26.5 Å². The first-order valence-electron chi connectivity index (χ1n) is 7.18. The summed E-state index contributed by atoms with van der Waals surface area (Å²) in [5, 5.41) is 11.9. The Morgan fingerprint density at radius 1 is 1.12 bits per heavy atom. The highest BCUT2D eigenvalue weighted by molar-refractivity contribution is 7.92. The molecule has 0 atom stereocenters. The number of benzene rings is 2. The van der Waals surface area contributed by atoms with Gasteiger partial charge in [0, 0.05) is 17.6 Å². The highest BCUT2D eigenvalue weighted by Crippen LogP contribution is 2.32. The van der Waals surface area contributed by atoms with Crippen molar-refractivity contribution in [2.45, 2.75) is 11.8 Å². The van der Waals surface area contributed by atoms with Crippen LogP contribution < -0.4 is 9.62 Å². The summed E-state index contributed by atoms with van der Waals surface area (Å²) in [5.41, 5.74) is 0.398. The number of rotatable bonds is 6. The normalized spacial score (nSPS) is 11.0. The van der Waals surface area contributed by atoms with Gasteiger partial charge in [0.05, 0.1) is 15.6 Å². The second-order valence-corrected chi connectivity index (χ2v) is 7.91. The zero-order chi connectivity index (χ0) is 19.5. The summed E-state index contributed by atoms with van der Waals surface area (Å²) in [6.07, 6.45) is 0. The largest absolute Gasteiger partial charge is 0.480 e. The van der Waals surface area contributed by atoms with Crippen LogP contribution in [-0.4, -0.2) is 31.9 Å². The highest BCUT2D eigenvalue weighted by atomic mass is 35.5. The number of hydrogen-bond acceptors (Lipinski definition) is 4. The summed E-state index contributed by atoms with van der Waals surface area (Å²) in [6, 6.07) is 9.39. The Labute approximate surface area is 160 Å². The van der Waals surface area contributed by atoms with Crippen molar-refractivity contribution >= 4 is 56.5 Å². The maximum atomic E-state index is 12.9. The number of halogens is 2. The highest BCUT2D eigenvalue weighted by Gasteiger charge is 2.28. The van der Waals surface area contributed by atoms with Crippen LogP contribution >= 0.6 is 23.2 Å². The van der Waals surface area contributed by atoms with Crippen LogP contribution in [0.4, 0.5) is 11.4 Å². The number of aliphatic carboxylic acids is 1. The molecule has 10 heteroatoms. The number of nitrogens with one attached hydrogen (secondary N) is 1. The van der Waals surface area contributed by atoms with Gasteiger partial charge in [0.2, 0.25) is 5.91 Å². The van der Waals surface area contributed by atoms with E-state index in [1.54, 1.807) is 0 Å². The van der Waals surface area contributed by atoms with Gasteiger partial charge in [-0.2, -0.15) is 0 Å². The lowest BCUT2D eigenvalue weighted by molar-refractivity contribution is -0.135. The molecule has 0 fully saturated rings. The molecule has 7 nitrogen and oxygen atoms in total. The molecule has 0 spiro atoms. The van der Waals surface area contributed by atoms with Crippen LogP contribution in [0.1, 0.15) is 6.92 Å². The minimum Gasteiger partial charge on any atom is -0.480 e. The summed E-state index contributed by atoms with van der Waals surface area (Å²) >= 11 is 11.9. The molecule has 0 unspecified atom stereocenters. The van der Waals surface area contributed by atoms with Crippen LogP contribution in [0.3, 0.4) is 0 Å². The Bertz CT molecular complexity index is 946. The molecule has 0 saturated carbocycles. The van der Waals surface area contributed by atoms with E-state index in [4.69, 9.17) is 28.3 Å². The third-order valence-electron chi connectivity index (χ3n) is 3.22. The lowest BCUT2D eigenvalue weighted by Crippen LogP contribution is -2.36. The van der Waals surface area contributed by atoms with Gasteiger partial charge in [-0.3, -0.25) is 13.9 Å². The Balaban J connectivity index is 2.49. The summed E-state index contributed by atoms with van der Waals surface area (Å²) in [5.74, 6) is -1.66. The fourth-order valence-electron chi connectivity index (χ4n) is 2.15. The molecule has 2 rings (SSSR count). The molecular formula is C16H14Cl2N2O5S. The Kier molecular flexibility index (Phi) is 6.12. The van der Waals surface area contributed by atoms with E-state index in [9.17, 15) is 18.0 Å². The number of sulfonamides is 1. The van der Waals surface area contributed by atoms with Crippen molar-refractivity contribution in [3.63, 3.8) is 0 Å². The minimum absolute atomic E-state index is 0.00260. The van der Waals surface area contributed by atoms with Crippen molar-refractivity contribution in [1.29, 1.82) is 0 Å². The van der Waals surface area contributed by atoms with Gasteiger partial charge >= 0.3 is 5.97 Å². The van der Waals surface area contributed by atoms with Crippen molar-refractivity contribution in [1.82, 2.24) is 0 Å². The molecule has 138 valence electrons. The standard InChI is InChI=1S/C16H14Cl2N2O5S/c1-10(21)19-12-3-5-13(6-4-12)26(24,25)20(9-16(22)23)15-7-2-11(17)8-14(15)18/h2-8H,9H2,1H3,(H,19,21)(H,22,23). The van der Waals surface area contributed by atoms with Gasteiger partial charge in [-0.05, 0) is 42.5 Å². The average Bonchev–Trinajstić information content (AvgIpc) is 2.53. The second-order valence-electron chi connectivity index (χ2n) is 5.21. The van der Waals surface area contributed by atoms with Gasteiger partial charge in [-0.15, -0.1) is 0 Å². The number of carbonyl (C=O) groups is 2. The molecule has 0 heterocycles. The number of carboxylic acids is 1.